The van der Waals surface area contributed by atoms with Crippen molar-refractivity contribution >= 4 is 27.8 Å². The minimum absolute atomic E-state index is 0.00357. The van der Waals surface area contributed by atoms with Gasteiger partial charge in [-0.3, -0.25) is 4.79 Å². The Kier molecular flexibility index (Phi) is 5.12. The number of furan rings is 1. The van der Waals surface area contributed by atoms with Gasteiger partial charge in [0.05, 0.1) is 5.56 Å². The molecule has 1 saturated heterocycles. The van der Waals surface area contributed by atoms with E-state index in [1.54, 1.807) is 12.1 Å². The highest BCUT2D eigenvalue weighted by Gasteiger charge is 2.26. The molecule has 0 bridgehead atoms. The van der Waals surface area contributed by atoms with Crippen LogP contribution in [0.1, 0.15) is 34.3 Å². The second kappa shape index (κ2) is 8.08. The Morgan fingerprint density at radius 1 is 1.03 bits per heavy atom. The van der Waals surface area contributed by atoms with E-state index in [0.29, 0.717) is 30.3 Å². The lowest BCUT2D eigenvalue weighted by Crippen LogP contribution is -2.44. The maximum Gasteiger partial charge on any atom is 0.257 e. The number of hydrogen-bond donors (Lipinski definition) is 2. The molecule has 0 aliphatic carbocycles. The Bertz CT molecular complexity index is 1250. The second-order valence-electron chi connectivity index (χ2n) is 8.34. The largest absolute Gasteiger partial charge is 0.507 e. The summed E-state index contributed by atoms with van der Waals surface area (Å²) >= 11 is 0. The number of phenols is 1. The van der Waals surface area contributed by atoms with Gasteiger partial charge in [0, 0.05) is 36.4 Å². The third-order valence-corrected chi connectivity index (χ3v) is 6.35. The number of amides is 1. The molecule has 0 spiro atoms. The Morgan fingerprint density at radius 2 is 1.77 bits per heavy atom. The zero-order valence-corrected chi connectivity index (χ0v) is 17.6. The molecule has 3 aromatic carbocycles. The summed E-state index contributed by atoms with van der Waals surface area (Å²) in [5.41, 5.74) is 4.28. The summed E-state index contributed by atoms with van der Waals surface area (Å²) in [7, 11) is 0. The zero-order valence-electron chi connectivity index (χ0n) is 17.6. The van der Waals surface area contributed by atoms with Crippen LogP contribution in [0.4, 0.5) is 0 Å². The molecular weight excluding hydrogens is 388 g/mol. The molecule has 2 N–H and O–H groups in total. The zero-order chi connectivity index (χ0) is 21.4. The van der Waals surface area contributed by atoms with Gasteiger partial charge in [-0.15, -0.1) is 0 Å². The van der Waals surface area contributed by atoms with Crippen molar-refractivity contribution in [3.63, 3.8) is 0 Å². The van der Waals surface area contributed by atoms with E-state index < -0.39 is 0 Å². The van der Waals surface area contributed by atoms with E-state index in [0.717, 1.165) is 35.7 Å². The number of nitrogens with one attached hydrogen (secondary N) is 1. The molecule has 1 amide bonds. The predicted molar refractivity (Wildman–Crippen MR) is 122 cm³/mol. The summed E-state index contributed by atoms with van der Waals surface area (Å²) < 4.78 is 5.89. The van der Waals surface area contributed by atoms with Crippen molar-refractivity contribution in [1.29, 1.82) is 0 Å². The third-order valence-electron chi connectivity index (χ3n) is 6.35. The number of fused-ring (bicyclic) bond motifs is 3. The van der Waals surface area contributed by atoms with Crippen molar-refractivity contribution in [2.75, 3.05) is 13.1 Å². The number of carbonyl (C=O) groups excluding carboxylic acids is 1. The van der Waals surface area contributed by atoms with Gasteiger partial charge in [0.25, 0.3) is 5.91 Å². The normalized spacial score (nSPS) is 15.1. The van der Waals surface area contributed by atoms with Gasteiger partial charge >= 0.3 is 0 Å². The van der Waals surface area contributed by atoms with Gasteiger partial charge in [-0.25, -0.2) is 0 Å². The smallest absolute Gasteiger partial charge is 0.257 e. The number of aromatic hydroxyl groups is 1. The van der Waals surface area contributed by atoms with Gasteiger partial charge < -0.3 is 19.7 Å². The molecule has 0 radical (unpaired) electrons. The lowest BCUT2D eigenvalue weighted by molar-refractivity contribution is 0.0701. The summed E-state index contributed by atoms with van der Waals surface area (Å²) in [6.45, 7) is 4.31. The topological polar surface area (TPSA) is 65.7 Å². The van der Waals surface area contributed by atoms with Gasteiger partial charge in [0.15, 0.2) is 0 Å². The molecule has 0 unspecified atom stereocenters. The Labute approximate surface area is 181 Å². The van der Waals surface area contributed by atoms with E-state index in [2.05, 4.69) is 36.5 Å². The number of aryl methyl sites for hydroxylation is 1. The molecule has 2 heterocycles. The van der Waals surface area contributed by atoms with Crippen LogP contribution in [0.2, 0.25) is 0 Å². The molecule has 5 heteroatoms. The summed E-state index contributed by atoms with van der Waals surface area (Å²) in [6, 6.07) is 19.8. The minimum Gasteiger partial charge on any atom is -0.507 e. The van der Waals surface area contributed by atoms with Crippen LogP contribution in [0, 0.1) is 6.92 Å². The second-order valence-corrected chi connectivity index (χ2v) is 8.34. The number of carbonyl (C=O) groups is 1. The number of benzene rings is 3. The van der Waals surface area contributed by atoms with E-state index in [1.165, 1.54) is 11.1 Å². The van der Waals surface area contributed by atoms with Crippen molar-refractivity contribution in [2.24, 2.45) is 0 Å². The molecule has 5 rings (SSSR count). The van der Waals surface area contributed by atoms with Crippen LogP contribution in [0.25, 0.3) is 21.9 Å². The number of piperidine rings is 1. The Hall–Kier alpha value is -3.31. The highest BCUT2D eigenvalue weighted by molar-refractivity contribution is 6.09. The number of para-hydroxylation sites is 1. The average molecular weight is 415 g/mol. The maximum absolute atomic E-state index is 13.1. The highest BCUT2D eigenvalue weighted by atomic mass is 16.3. The molecule has 1 aromatic heterocycles. The molecule has 4 aromatic rings. The van der Waals surface area contributed by atoms with Gasteiger partial charge in [-0.1, -0.05) is 42.5 Å². The van der Waals surface area contributed by atoms with E-state index in [-0.39, 0.29) is 11.7 Å². The van der Waals surface area contributed by atoms with Crippen LogP contribution in [-0.2, 0) is 6.54 Å². The molecule has 1 aliphatic heterocycles. The van der Waals surface area contributed by atoms with Crippen LogP contribution < -0.4 is 5.32 Å². The lowest BCUT2D eigenvalue weighted by atomic mass is 10.0. The number of nitrogens with zero attached hydrogens (tertiary/aromatic N) is 1. The van der Waals surface area contributed by atoms with E-state index in [1.807, 2.05) is 29.2 Å². The van der Waals surface area contributed by atoms with E-state index in [9.17, 15) is 9.90 Å². The molecule has 1 aliphatic rings. The Morgan fingerprint density at radius 3 is 2.58 bits per heavy atom. The third kappa shape index (κ3) is 3.77. The van der Waals surface area contributed by atoms with Crippen molar-refractivity contribution in [3.05, 3.63) is 77.4 Å². The van der Waals surface area contributed by atoms with Crippen LogP contribution in [0.3, 0.4) is 0 Å². The fraction of sp³-hybridized carbons (Fsp3) is 0.269. The number of phenolic OH excluding ortho intramolecular Hbond substituents is 1. The van der Waals surface area contributed by atoms with Crippen molar-refractivity contribution in [2.45, 2.75) is 32.4 Å². The molecule has 31 heavy (non-hydrogen) atoms. The first-order valence-electron chi connectivity index (χ1n) is 10.8. The molecule has 0 saturated carbocycles. The quantitative estimate of drug-likeness (QED) is 0.494. The monoisotopic (exact) mass is 414 g/mol. The number of rotatable bonds is 4. The van der Waals surface area contributed by atoms with Crippen LogP contribution in [-0.4, -0.2) is 35.0 Å². The van der Waals surface area contributed by atoms with Crippen LogP contribution in [0.5, 0.6) is 5.75 Å². The molecular formula is C26H26N2O3. The van der Waals surface area contributed by atoms with Crippen LogP contribution >= 0.6 is 0 Å². The highest BCUT2D eigenvalue weighted by Crippen LogP contribution is 2.34. The Balaban J connectivity index is 1.27. The summed E-state index contributed by atoms with van der Waals surface area (Å²) in [5.74, 6) is -0.138. The van der Waals surface area contributed by atoms with E-state index in [4.69, 9.17) is 4.42 Å². The maximum atomic E-state index is 13.1. The number of likely N-dealkylation sites (tertiary alicyclic amines) is 1. The van der Waals surface area contributed by atoms with Gasteiger partial charge in [-0.2, -0.15) is 0 Å². The van der Waals surface area contributed by atoms with Gasteiger partial charge in [0.1, 0.15) is 16.9 Å². The number of hydrogen-bond acceptors (Lipinski definition) is 4. The summed E-state index contributed by atoms with van der Waals surface area (Å²) in [6.07, 6.45) is 1.79. The average Bonchev–Trinajstić information content (AvgIpc) is 3.15. The van der Waals surface area contributed by atoms with Crippen molar-refractivity contribution < 1.29 is 14.3 Å². The fourth-order valence-electron chi connectivity index (χ4n) is 4.45. The lowest BCUT2D eigenvalue weighted by Gasteiger charge is -2.32. The summed E-state index contributed by atoms with van der Waals surface area (Å²) in [4.78, 5) is 14.9. The summed E-state index contributed by atoms with van der Waals surface area (Å²) in [5, 5.41) is 16.0. The van der Waals surface area contributed by atoms with Gasteiger partial charge in [0.2, 0.25) is 0 Å². The predicted octanol–water partition coefficient (Wildman–Crippen LogP) is 4.99. The SMILES string of the molecule is Cc1ccccc1CNC1CCN(C(=O)c2cc3oc4ccccc4c3cc2O)CC1. The van der Waals surface area contributed by atoms with Crippen LogP contribution in [0.15, 0.2) is 65.1 Å². The first kappa shape index (κ1) is 19.6. The van der Waals surface area contributed by atoms with Crippen molar-refractivity contribution in [3.8, 4) is 5.75 Å². The molecule has 158 valence electrons. The van der Waals surface area contributed by atoms with E-state index >= 15 is 0 Å². The standard InChI is InChI=1S/C26H26N2O3/c1-17-6-2-3-7-18(17)16-27-19-10-12-28(13-11-19)26(30)22-15-25-21(14-23(22)29)20-8-4-5-9-24(20)31-25/h2-9,14-15,19,27,29H,10-13,16H2,1H3. The molecule has 0 atom stereocenters. The van der Waals surface area contributed by atoms with Crippen molar-refractivity contribution in [1.82, 2.24) is 10.2 Å². The molecule has 5 nitrogen and oxygen atoms in total. The first-order chi connectivity index (χ1) is 15.1. The molecule has 1 fully saturated rings. The minimum atomic E-state index is -0.141. The fourth-order valence-corrected chi connectivity index (χ4v) is 4.45. The first-order valence-corrected chi connectivity index (χ1v) is 10.8. The van der Waals surface area contributed by atoms with Gasteiger partial charge in [-0.05, 0) is 49.1 Å².